The minimum Gasteiger partial charge on any atom is -0.289 e. The highest BCUT2D eigenvalue weighted by Gasteiger charge is 2.41. The molecule has 0 fully saturated rings. The lowest BCUT2D eigenvalue weighted by atomic mass is 10.1. The Labute approximate surface area is 114 Å². The Morgan fingerprint density at radius 3 is 2.32 bits per heavy atom. The van der Waals surface area contributed by atoms with Gasteiger partial charge in [-0.05, 0) is 13.8 Å². The van der Waals surface area contributed by atoms with Crippen LogP contribution < -0.4 is 10.9 Å². The predicted octanol–water partition coefficient (Wildman–Crippen LogP) is 1.24. The summed E-state index contributed by atoms with van der Waals surface area (Å²) in [4.78, 5) is 23.8. The zero-order valence-corrected chi connectivity index (χ0v) is 12.6. The fourth-order valence-corrected chi connectivity index (χ4v) is 1.86. The molecule has 0 bridgehead atoms. The Balaban J connectivity index is 2.79. The van der Waals surface area contributed by atoms with Crippen molar-refractivity contribution in [2.24, 2.45) is 16.9 Å². The first-order valence-corrected chi connectivity index (χ1v) is 6.62. The van der Waals surface area contributed by atoms with E-state index in [0.717, 1.165) is 5.71 Å². The first-order chi connectivity index (χ1) is 8.67. The fraction of sp³-hybridized carbons (Fsp3) is 0.769. The van der Waals surface area contributed by atoms with Gasteiger partial charge in [0.2, 0.25) is 11.8 Å². The minimum atomic E-state index is -0.698. The summed E-state index contributed by atoms with van der Waals surface area (Å²) < 4.78 is 0. The van der Waals surface area contributed by atoms with Gasteiger partial charge in [-0.3, -0.25) is 15.0 Å². The molecular formula is C13H24N4O2. The highest BCUT2D eigenvalue weighted by molar-refractivity contribution is 5.89. The number of hydrazine groups is 1. The number of hydrazone groups is 1. The van der Waals surface area contributed by atoms with Crippen molar-refractivity contribution < 1.29 is 9.59 Å². The van der Waals surface area contributed by atoms with E-state index < -0.39 is 5.66 Å². The van der Waals surface area contributed by atoms with Gasteiger partial charge in [0.1, 0.15) is 5.66 Å². The molecule has 0 radical (unpaired) electrons. The van der Waals surface area contributed by atoms with Gasteiger partial charge in [-0.25, -0.2) is 10.4 Å². The van der Waals surface area contributed by atoms with E-state index in [0.29, 0.717) is 6.42 Å². The van der Waals surface area contributed by atoms with Crippen LogP contribution in [-0.2, 0) is 9.59 Å². The number of amides is 2. The van der Waals surface area contributed by atoms with Crippen molar-refractivity contribution in [1.82, 2.24) is 15.9 Å². The summed E-state index contributed by atoms with van der Waals surface area (Å²) in [6.07, 6.45) is 0.587. The van der Waals surface area contributed by atoms with Gasteiger partial charge in [-0.1, -0.05) is 27.7 Å². The second kappa shape index (κ2) is 5.69. The summed E-state index contributed by atoms with van der Waals surface area (Å²) in [5.41, 5.74) is 5.76. The lowest BCUT2D eigenvalue weighted by molar-refractivity contribution is -0.142. The number of nitrogens with zero attached hydrogens (tertiary/aromatic N) is 2. The smallest absolute Gasteiger partial charge is 0.247 e. The Morgan fingerprint density at radius 2 is 1.84 bits per heavy atom. The number of rotatable bonds is 4. The maximum atomic E-state index is 12.2. The number of hydrogen-bond acceptors (Lipinski definition) is 4. The minimum absolute atomic E-state index is 0.0642. The molecule has 2 amide bonds. The molecular weight excluding hydrogens is 244 g/mol. The molecule has 6 heteroatoms. The zero-order chi connectivity index (χ0) is 14.8. The van der Waals surface area contributed by atoms with Crippen LogP contribution in [-0.4, -0.2) is 28.2 Å². The molecule has 108 valence electrons. The number of carbonyl (C=O) groups is 2. The maximum Gasteiger partial charge on any atom is 0.247 e. The quantitative estimate of drug-likeness (QED) is 0.753. The molecule has 1 heterocycles. The average Bonchev–Trinajstić information content (AvgIpc) is 2.60. The van der Waals surface area contributed by atoms with E-state index in [4.69, 9.17) is 0 Å². The van der Waals surface area contributed by atoms with Gasteiger partial charge < -0.3 is 0 Å². The third kappa shape index (κ3) is 3.53. The van der Waals surface area contributed by atoms with Crippen LogP contribution in [0.3, 0.4) is 0 Å². The first-order valence-electron chi connectivity index (χ1n) is 6.62. The maximum absolute atomic E-state index is 12.2. The van der Waals surface area contributed by atoms with Crippen LogP contribution in [0.5, 0.6) is 0 Å². The molecule has 0 aliphatic carbocycles. The van der Waals surface area contributed by atoms with Gasteiger partial charge in [0.25, 0.3) is 0 Å². The van der Waals surface area contributed by atoms with E-state index in [2.05, 4.69) is 16.0 Å². The van der Waals surface area contributed by atoms with Crippen molar-refractivity contribution in [3.63, 3.8) is 0 Å². The SMILES string of the molecule is CC1=NN(C(=O)C(C)C)[C@](C)(NNC(=O)C(C)C)C1. The van der Waals surface area contributed by atoms with Gasteiger partial charge in [-0.15, -0.1) is 0 Å². The highest BCUT2D eigenvalue weighted by Crippen LogP contribution is 2.26. The van der Waals surface area contributed by atoms with E-state index >= 15 is 0 Å². The monoisotopic (exact) mass is 268 g/mol. The molecule has 0 aromatic carbocycles. The lowest BCUT2D eigenvalue weighted by Crippen LogP contribution is -2.61. The Morgan fingerprint density at radius 1 is 1.26 bits per heavy atom. The molecule has 0 aromatic heterocycles. The summed E-state index contributed by atoms with van der Waals surface area (Å²) in [7, 11) is 0. The second-order valence-corrected chi connectivity index (χ2v) is 5.86. The van der Waals surface area contributed by atoms with Gasteiger partial charge >= 0.3 is 0 Å². The van der Waals surface area contributed by atoms with Gasteiger partial charge in [0.05, 0.1) is 0 Å². The summed E-state index contributed by atoms with van der Waals surface area (Å²) in [6.45, 7) is 11.0. The third-order valence-electron chi connectivity index (χ3n) is 3.02. The number of hydrogen-bond donors (Lipinski definition) is 2. The summed E-state index contributed by atoms with van der Waals surface area (Å²) in [5.74, 6) is -0.432. The summed E-state index contributed by atoms with van der Waals surface area (Å²) in [6, 6.07) is 0. The molecule has 6 nitrogen and oxygen atoms in total. The Kier molecular flexibility index (Phi) is 4.68. The van der Waals surface area contributed by atoms with Crippen LogP contribution in [0.4, 0.5) is 0 Å². The molecule has 0 unspecified atom stereocenters. The molecule has 0 aromatic rings. The molecule has 1 rings (SSSR count). The molecule has 1 aliphatic rings. The van der Waals surface area contributed by atoms with Crippen molar-refractivity contribution in [1.29, 1.82) is 0 Å². The van der Waals surface area contributed by atoms with E-state index in [1.807, 2.05) is 41.5 Å². The van der Waals surface area contributed by atoms with Gasteiger partial charge in [0.15, 0.2) is 0 Å². The molecule has 2 N–H and O–H groups in total. The van der Waals surface area contributed by atoms with Crippen molar-refractivity contribution in [2.45, 2.75) is 53.6 Å². The van der Waals surface area contributed by atoms with Crippen LogP contribution >= 0.6 is 0 Å². The van der Waals surface area contributed by atoms with Gasteiger partial charge in [-0.2, -0.15) is 5.10 Å². The summed E-state index contributed by atoms with van der Waals surface area (Å²) >= 11 is 0. The zero-order valence-electron chi connectivity index (χ0n) is 12.6. The number of nitrogens with one attached hydrogen (secondary N) is 2. The second-order valence-electron chi connectivity index (χ2n) is 5.86. The van der Waals surface area contributed by atoms with Gasteiger partial charge in [0, 0.05) is 24.0 Å². The number of carbonyl (C=O) groups excluding carboxylic acids is 2. The van der Waals surface area contributed by atoms with Crippen molar-refractivity contribution in [3.8, 4) is 0 Å². The highest BCUT2D eigenvalue weighted by atomic mass is 16.2. The molecule has 0 saturated heterocycles. The van der Waals surface area contributed by atoms with Crippen LogP contribution in [0.2, 0.25) is 0 Å². The Bertz CT molecular complexity index is 403. The first kappa shape index (κ1) is 15.6. The normalized spacial score (nSPS) is 22.9. The molecule has 1 aliphatic heterocycles. The fourth-order valence-electron chi connectivity index (χ4n) is 1.86. The van der Waals surface area contributed by atoms with E-state index in [1.54, 1.807) is 0 Å². The van der Waals surface area contributed by atoms with Crippen LogP contribution in [0, 0.1) is 11.8 Å². The molecule has 19 heavy (non-hydrogen) atoms. The third-order valence-corrected chi connectivity index (χ3v) is 3.02. The van der Waals surface area contributed by atoms with Crippen LogP contribution in [0.25, 0.3) is 0 Å². The van der Waals surface area contributed by atoms with E-state index in [1.165, 1.54) is 5.01 Å². The Hall–Kier alpha value is -1.43. The average molecular weight is 268 g/mol. The summed E-state index contributed by atoms with van der Waals surface area (Å²) in [5, 5.41) is 5.71. The van der Waals surface area contributed by atoms with Crippen molar-refractivity contribution >= 4 is 17.5 Å². The predicted molar refractivity (Wildman–Crippen MR) is 73.9 cm³/mol. The standard InChI is InChI=1S/C13H24N4O2/c1-8(2)11(18)14-16-13(6)7-10(5)15-17(13)12(19)9(3)4/h8-9,16H,7H2,1-6H3,(H,14,18)/t13-/m0/s1. The van der Waals surface area contributed by atoms with E-state index in [-0.39, 0.29) is 23.7 Å². The van der Waals surface area contributed by atoms with Crippen molar-refractivity contribution in [2.75, 3.05) is 0 Å². The largest absolute Gasteiger partial charge is 0.289 e. The van der Waals surface area contributed by atoms with Crippen LogP contribution in [0.1, 0.15) is 48.0 Å². The lowest BCUT2D eigenvalue weighted by Gasteiger charge is -2.34. The van der Waals surface area contributed by atoms with Crippen LogP contribution in [0.15, 0.2) is 5.10 Å². The topological polar surface area (TPSA) is 73.8 Å². The molecule has 1 atom stereocenters. The van der Waals surface area contributed by atoms with Crippen molar-refractivity contribution in [3.05, 3.63) is 0 Å². The van der Waals surface area contributed by atoms with E-state index in [9.17, 15) is 9.59 Å². The molecule has 0 saturated carbocycles. The molecule has 0 spiro atoms.